The highest BCUT2D eigenvalue weighted by Crippen LogP contribution is 2.00. The third-order valence-electron chi connectivity index (χ3n) is 3.51. The highest BCUT2D eigenvalue weighted by Gasteiger charge is 2.22. The van der Waals surface area contributed by atoms with Crippen molar-refractivity contribution in [3.8, 4) is 0 Å². The van der Waals surface area contributed by atoms with E-state index in [1.54, 1.807) is 0 Å². The van der Waals surface area contributed by atoms with Crippen LogP contribution in [0, 0.1) is 0 Å². The Morgan fingerprint density at radius 1 is 0.826 bits per heavy atom. The molecule has 0 aliphatic rings. The number of likely N-dealkylation sites (N-methyl/N-ethyl adjacent to an activating group) is 1. The van der Waals surface area contributed by atoms with E-state index < -0.39 is 12.1 Å². The molecule has 136 valence electrons. The van der Waals surface area contributed by atoms with Crippen LogP contribution in [0.25, 0.3) is 0 Å². The summed E-state index contributed by atoms with van der Waals surface area (Å²) in [4.78, 5) is 24.4. The maximum Gasteiger partial charge on any atom is 0.242 e. The SMILES string of the molecule is CNCCC[C@H](NC(=O)[C@@H](N)CCCNC)C(=O)NCCNC. The predicted octanol–water partition coefficient (Wildman–Crippen LogP) is -1.87. The van der Waals surface area contributed by atoms with E-state index in [4.69, 9.17) is 5.73 Å². The molecule has 0 aromatic rings. The minimum absolute atomic E-state index is 0.160. The summed E-state index contributed by atoms with van der Waals surface area (Å²) in [6, 6.07) is -1.12. The van der Waals surface area contributed by atoms with Gasteiger partial charge in [-0.1, -0.05) is 0 Å². The Bertz CT molecular complexity index is 327. The number of amides is 2. The number of rotatable bonds is 14. The van der Waals surface area contributed by atoms with Crippen LogP contribution in [0.15, 0.2) is 0 Å². The van der Waals surface area contributed by atoms with Gasteiger partial charge in [0.2, 0.25) is 11.8 Å². The molecule has 0 aliphatic heterocycles. The van der Waals surface area contributed by atoms with Crippen LogP contribution < -0.4 is 32.3 Å². The zero-order valence-electron chi connectivity index (χ0n) is 14.7. The molecule has 0 heterocycles. The van der Waals surface area contributed by atoms with Crippen molar-refractivity contribution >= 4 is 11.8 Å². The van der Waals surface area contributed by atoms with Gasteiger partial charge in [-0.25, -0.2) is 0 Å². The highest BCUT2D eigenvalue weighted by molar-refractivity contribution is 5.89. The number of nitrogens with one attached hydrogen (secondary N) is 5. The van der Waals surface area contributed by atoms with E-state index in [0.717, 1.165) is 25.9 Å². The molecule has 7 N–H and O–H groups in total. The van der Waals surface area contributed by atoms with Crippen molar-refractivity contribution in [3.05, 3.63) is 0 Å². The second-order valence-electron chi connectivity index (χ2n) is 5.55. The average Bonchev–Trinajstić information content (AvgIpc) is 2.54. The highest BCUT2D eigenvalue weighted by atomic mass is 16.2. The van der Waals surface area contributed by atoms with Crippen LogP contribution in [0.5, 0.6) is 0 Å². The van der Waals surface area contributed by atoms with E-state index in [0.29, 0.717) is 25.9 Å². The van der Waals surface area contributed by atoms with Crippen LogP contribution in [0.4, 0.5) is 0 Å². The maximum absolute atomic E-state index is 12.2. The number of carbonyl (C=O) groups excluding carboxylic acids is 2. The molecule has 0 aromatic heterocycles. The molecule has 23 heavy (non-hydrogen) atoms. The molecular formula is C15H34N6O2. The van der Waals surface area contributed by atoms with Crippen molar-refractivity contribution in [3.63, 3.8) is 0 Å². The Hall–Kier alpha value is -1.22. The molecule has 0 radical (unpaired) electrons. The second-order valence-corrected chi connectivity index (χ2v) is 5.55. The lowest BCUT2D eigenvalue weighted by atomic mass is 10.1. The molecule has 8 nitrogen and oxygen atoms in total. The van der Waals surface area contributed by atoms with Gasteiger partial charge in [0.15, 0.2) is 0 Å². The Kier molecular flexibility index (Phi) is 13.6. The largest absolute Gasteiger partial charge is 0.353 e. The summed E-state index contributed by atoms with van der Waals surface area (Å²) in [5.74, 6) is -0.425. The standard InChI is InChI=1S/C15H34N6O2/c1-17-8-4-6-12(16)14(22)21-13(7-5-9-18-2)15(23)20-11-10-19-3/h12-13,17-19H,4-11,16H2,1-3H3,(H,20,23)(H,21,22)/t12-,13-/m0/s1. The Labute approximate surface area is 139 Å². The van der Waals surface area contributed by atoms with Crippen LogP contribution in [-0.4, -0.2) is 71.2 Å². The molecule has 0 aliphatic carbocycles. The molecule has 0 bridgehead atoms. The van der Waals surface area contributed by atoms with Gasteiger partial charge < -0.3 is 32.3 Å². The first-order valence-electron chi connectivity index (χ1n) is 8.34. The first-order chi connectivity index (χ1) is 11.1. The summed E-state index contributed by atoms with van der Waals surface area (Å²) in [5, 5.41) is 14.6. The topological polar surface area (TPSA) is 120 Å². The zero-order chi connectivity index (χ0) is 17.5. The van der Waals surface area contributed by atoms with Crippen LogP contribution >= 0.6 is 0 Å². The van der Waals surface area contributed by atoms with Crippen LogP contribution in [0.1, 0.15) is 25.7 Å². The molecular weight excluding hydrogens is 296 g/mol. The fraction of sp³-hybridized carbons (Fsp3) is 0.867. The van der Waals surface area contributed by atoms with Gasteiger partial charge in [-0.3, -0.25) is 9.59 Å². The minimum atomic E-state index is -0.583. The van der Waals surface area contributed by atoms with Crippen molar-refractivity contribution in [2.75, 3.05) is 47.3 Å². The van der Waals surface area contributed by atoms with Gasteiger partial charge in [-0.05, 0) is 59.9 Å². The summed E-state index contributed by atoms with van der Waals surface area (Å²) in [6.45, 7) is 2.83. The first kappa shape index (κ1) is 21.8. The minimum Gasteiger partial charge on any atom is -0.353 e. The molecule has 0 aromatic carbocycles. The number of carbonyl (C=O) groups is 2. The molecule has 2 atom stereocenters. The molecule has 0 rings (SSSR count). The third-order valence-corrected chi connectivity index (χ3v) is 3.51. The van der Waals surface area contributed by atoms with Crippen molar-refractivity contribution in [1.82, 2.24) is 26.6 Å². The fourth-order valence-electron chi connectivity index (χ4n) is 2.09. The van der Waals surface area contributed by atoms with Gasteiger partial charge in [-0.15, -0.1) is 0 Å². The Morgan fingerprint density at radius 2 is 1.39 bits per heavy atom. The lowest BCUT2D eigenvalue weighted by molar-refractivity contribution is -0.129. The van der Waals surface area contributed by atoms with Crippen molar-refractivity contribution in [2.45, 2.75) is 37.8 Å². The van der Waals surface area contributed by atoms with Crippen molar-refractivity contribution < 1.29 is 9.59 Å². The third kappa shape index (κ3) is 11.0. The smallest absolute Gasteiger partial charge is 0.242 e. The maximum atomic E-state index is 12.2. The molecule has 0 fully saturated rings. The van der Waals surface area contributed by atoms with Crippen LogP contribution in [0.3, 0.4) is 0 Å². The van der Waals surface area contributed by atoms with Crippen LogP contribution in [-0.2, 0) is 9.59 Å². The van der Waals surface area contributed by atoms with E-state index in [-0.39, 0.29) is 11.8 Å². The normalized spacial score (nSPS) is 13.4. The van der Waals surface area contributed by atoms with Gasteiger partial charge in [-0.2, -0.15) is 0 Å². The lowest BCUT2D eigenvalue weighted by Gasteiger charge is -2.21. The van der Waals surface area contributed by atoms with E-state index in [2.05, 4.69) is 26.6 Å². The van der Waals surface area contributed by atoms with Gasteiger partial charge >= 0.3 is 0 Å². The number of hydrogen-bond acceptors (Lipinski definition) is 6. The van der Waals surface area contributed by atoms with E-state index in [9.17, 15) is 9.59 Å². The second kappa shape index (κ2) is 14.4. The molecule has 0 saturated carbocycles. The summed E-state index contributed by atoms with van der Waals surface area (Å²) in [5.41, 5.74) is 5.89. The number of nitrogens with two attached hydrogens (primary N) is 1. The molecule has 0 unspecified atom stereocenters. The number of hydrogen-bond donors (Lipinski definition) is 6. The van der Waals surface area contributed by atoms with E-state index in [1.807, 2.05) is 21.1 Å². The molecule has 2 amide bonds. The molecule has 0 spiro atoms. The first-order valence-corrected chi connectivity index (χ1v) is 8.34. The predicted molar refractivity (Wildman–Crippen MR) is 93.2 cm³/mol. The Balaban J connectivity index is 4.41. The van der Waals surface area contributed by atoms with Gasteiger partial charge in [0, 0.05) is 13.1 Å². The van der Waals surface area contributed by atoms with Gasteiger partial charge in [0.05, 0.1) is 6.04 Å². The van der Waals surface area contributed by atoms with Crippen molar-refractivity contribution in [2.24, 2.45) is 5.73 Å². The fourth-order valence-corrected chi connectivity index (χ4v) is 2.09. The van der Waals surface area contributed by atoms with Crippen LogP contribution in [0.2, 0.25) is 0 Å². The van der Waals surface area contributed by atoms with E-state index in [1.165, 1.54) is 0 Å². The monoisotopic (exact) mass is 330 g/mol. The van der Waals surface area contributed by atoms with E-state index >= 15 is 0 Å². The molecule has 8 heteroatoms. The van der Waals surface area contributed by atoms with Gasteiger partial charge in [0.25, 0.3) is 0 Å². The Morgan fingerprint density at radius 3 is 1.96 bits per heavy atom. The molecule has 0 saturated heterocycles. The lowest BCUT2D eigenvalue weighted by Crippen LogP contribution is -2.52. The quantitative estimate of drug-likeness (QED) is 0.208. The van der Waals surface area contributed by atoms with Crippen molar-refractivity contribution in [1.29, 1.82) is 0 Å². The summed E-state index contributed by atoms with van der Waals surface area (Å²) in [6.07, 6.45) is 2.80. The summed E-state index contributed by atoms with van der Waals surface area (Å²) in [7, 11) is 5.54. The van der Waals surface area contributed by atoms with Gasteiger partial charge in [0.1, 0.15) is 6.04 Å². The summed E-state index contributed by atoms with van der Waals surface area (Å²) < 4.78 is 0. The zero-order valence-corrected chi connectivity index (χ0v) is 14.7. The summed E-state index contributed by atoms with van der Waals surface area (Å²) >= 11 is 0. The average molecular weight is 330 g/mol.